The van der Waals surface area contributed by atoms with Crippen LogP contribution in [0.4, 0.5) is 4.79 Å². The Bertz CT molecular complexity index is 1160. The molecule has 1 saturated carbocycles. The second-order valence-corrected chi connectivity index (χ2v) is 15.7. The normalized spacial score (nSPS) is 43.0. The number of aliphatic hydroxyl groups is 1. The number of hydrogen-bond acceptors (Lipinski definition) is 12. The van der Waals surface area contributed by atoms with Gasteiger partial charge in [-0.05, 0) is 92.9 Å². The zero-order valence-electron chi connectivity index (χ0n) is 31.7. The lowest BCUT2D eigenvalue weighted by Crippen LogP contribution is -2.61. The van der Waals surface area contributed by atoms with Crippen molar-refractivity contribution in [3.63, 3.8) is 0 Å². The number of alkyl carbamates (subject to hydrolysis) is 1. The summed E-state index contributed by atoms with van der Waals surface area (Å²) in [6.07, 6.45) is -0.140. The van der Waals surface area contributed by atoms with Crippen LogP contribution in [0.15, 0.2) is 0 Å². The average Bonchev–Trinajstić information content (AvgIpc) is 3.86. The molecule has 0 aromatic heterocycles. The van der Waals surface area contributed by atoms with E-state index in [2.05, 4.69) is 29.5 Å². The van der Waals surface area contributed by atoms with E-state index >= 15 is 0 Å². The number of aliphatic hydroxyl groups excluding tert-OH is 1. The average molecular weight is 697 g/mol. The molecule has 4 fully saturated rings. The number of nitrogens with one attached hydrogen (secondary N) is 2. The Balaban J connectivity index is 1.69. The quantitative estimate of drug-likeness (QED) is 0.241. The molecule has 1 amide bonds. The molecule has 0 radical (unpaired) electrons. The fourth-order valence-corrected chi connectivity index (χ4v) is 8.45. The van der Waals surface area contributed by atoms with E-state index in [9.17, 15) is 19.5 Å². The van der Waals surface area contributed by atoms with E-state index in [1.807, 2.05) is 46.7 Å². The van der Waals surface area contributed by atoms with Crippen molar-refractivity contribution in [2.75, 3.05) is 41.3 Å². The van der Waals surface area contributed by atoms with Crippen LogP contribution >= 0.6 is 0 Å². The Morgan fingerprint density at radius 2 is 1.73 bits per heavy atom. The predicted molar refractivity (Wildman–Crippen MR) is 184 cm³/mol. The maximum atomic E-state index is 14.3. The predicted octanol–water partition coefficient (Wildman–Crippen LogP) is 2.72. The molecular weight excluding hydrogens is 632 g/mol. The van der Waals surface area contributed by atoms with Gasteiger partial charge in [0, 0.05) is 37.7 Å². The highest BCUT2D eigenvalue weighted by Crippen LogP contribution is 2.39. The molecule has 0 spiro atoms. The number of hydrogen-bond donors (Lipinski definition) is 3. The summed E-state index contributed by atoms with van der Waals surface area (Å²) in [6, 6.07) is -0.385. The van der Waals surface area contributed by atoms with Crippen molar-refractivity contribution < 1.29 is 43.2 Å². The molecule has 0 bridgehead atoms. The lowest BCUT2D eigenvalue weighted by molar-refractivity contribution is -0.298. The second kappa shape index (κ2) is 16.2. The Kier molecular flexibility index (Phi) is 13.2. The third-order valence-electron chi connectivity index (χ3n) is 11.7. The van der Waals surface area contributed by atoms with E-state index in [-0.39, 0.29) is 29.9 Å². The number of carbonyl (C=O) groups is 3. The van der Waals surface area contributed by atoms with Crippen molar-refractivity contribution in [3.05, 3.63) is 0 Å². The summed E-state index contributed by atoms with van der Waals surface area (Å²) in [4.78, 5) is 45.0. The van der Waals surface area contributed by atoms with Gasteiger partial charge in [0.15, 0.2) is 17.7 Å². The molecule has 0 aromatic rings. The topological polar surface area (TPSA) is 148 Å². The van der Waals surface area contributed by atoms with Crippen LogP contribution in [-0.2, 0) is 33.3 Å². The van der Waals surface area contributed by atoms with E-state index in [0.29, 0.717) is 44.8 Å². The van der Waals surface area contributed by atoms with Gasteiger partial charge in [0.25, 0.3) is 0 Å². The Labute approximate surface area is 293 Å². The molecule has 3 heterocycles. The van der Waals surface area contributed by atoms with E-state index < -0.39 is 65.7 Å². The Morgan fingerprint density at radius 1 is 1.06 bits per heavy atom. The first-order valence-corrected chi connectivity index (χ1v) is 18.4. The van der Waals surface area contributed by atoms with Gasteiger partial charge < -0.3 is 49.2 Å². The molecule has 13 heteroatoms. The zero-order valence-corrected chi connectivity index (χ0v) is 31.7. The van der Waals surface area contributed by atoms with Gasteiger partial charge in [0.2, 0.25) is 0 Å². The smallest absolute Gasteiger partial charge is 0.408 e. The van der Waals surface area contributed by atoms with E-state index in [0.717, 1.165) is 0 Å². The number of esters is 1. The molecule has 4 aliphatic rings. The molecule has 3 N–H and O–H groups in total. The fraction of sp³-hybridized carbons (Fsp3) is 0.917. The monoisotopic (exact) mass is 696 g/mol. The summed E-state index contributed by atoms with van der Waals surface area (Å²) in [5.74, 6) is -3.00. The number of likely N-dealkylation sites (N-methyl/N-ethyl adjacent to an activating group) is 2. The highest BCUT2D eigenvalue weighted by Gasteiger charge is 2.57. The van der Waals surface area contributed by atoms with Crippen molar-refractivity contribution in [3.8, 4) is 0 Å². The van der Waals surface area contributed by atoms with Crippen molar-refractivity contribution in [2.24, 2.45) is 17.8 Å². The van der Waals surface area contributed by atoms with Gasteiger partial charge in [-0.15, -0.1) is 0 Å². The second-order valence-electron chi connectivity index (χ2n) is 15.7. The van der Waals surface area contributed by atoms with E-state index in [1.165, 1.54) is 12.8 Å². The molecule has 282 valence electrons. The lowest BCUT2D eigenvalue weighted by Gasteiger charge is -2.47. The lowest BCUT2D eigenvalue weighted by atomic mass is 9.78. The van der Waals surface area contributed by atoms with Crippen molar-refractivity contribution >= 4 is 17.8 Å². The number of amides is 1. The SMILES string of the molecule is CC[C@H]1OC(=O)C(C)C(=O)[C@H](C)[C@@H](OC2OC(CN(C)C3CC3)CC(N(C)C)C2O)[C@](C)(OC)C[C@@H](C)CN[C@H](C)[C@H]2NC(=O)O[C@@]21CC. The Hall–Kier alpha value is -1.87. The van der Waals surface area contributed by atoms with Gasteiger partial charge in [-0.2, -0.15) is 0 Å². The molecule has 4 rings (SSSR count). The summed E-state index contributed by atoms with van der Waals surface area (Å²) in [7, 11) is 7.58. The van der Waals surface area contributed by atoms with Gasteiger partial charge in [0.05, 0.1) is 23.9 Å². The minimum Gasteiger partial charge on any atom is -0.457 e. The highest BCUT2D eigenvalue weighted by molar-refractivity contribution is 6.00. The molecule has 13 nitrogen and oxygen atoms in total. The van der Waals surface area contributed by atoms with Gasteiger partial charge in [-0.1, -0.05) is 27.7 Å². The number of nitrogens with zero attached hydrogens (tertiary/aromatic N) is 2. The zero-order chi connectivity index (χ0) is 36.4. The van der Waals surface area contributed by atoms with Crippen LogP contribution in [0, 0.1) is 17.8 Å². The van der Waals surface area contributed by atoms with Crippen LogP contribution in [0.5, 0.6) is 0 Å². The number of carbonyl (C=O) groups excluding carboxylic acids is 3. The van der Waals surface area contributed by atoms with Crippen LogP contribution in [0.25, 0.3) is 0 Å². The fourth-order valence-electron chi connectivity index (χ4n) is 8.45. The minimum absolute atomic E-state index is 0.0314. The first-order chi connectivity index (χ1) is 23.0. The first kappa shape index (κ1) is 39.9. The van der Waals surface area contributed by atoms with E-state index in [4.69, 9.17) is 23.7 Å². The van der Waals surface area contributed by atoms with Crippen molar-refractivity contribution in [1.82, 2.24) is 20.4 Å². The van der Waals surface area contributed by atoms with Gasteiger partial charge in [0.1, 0.15) is 18.1 Å². The summed E-state index contributed by atoms with van der Waals surface area (Å²) in [6.45, 7) is 14.3. The minimum atomic E-state index is -1.14. The number of Topliss-reactive ketones (excluding diaryl/α,β-unsaturated/α-hetero) is 1. The summed E-state index contributed by atoms with van der Waals surface area (Å²) in [5.41, 5.74) is -2.12. The van der Waals surface area contributed by atoms with E-state index in [1.54, 1.807) is 21.0 Å². The molecule has 13 atom stereocenters. The molecule has 0 aromatic carbocycles. The van der Waals surface area contributed by atoms with Gasteiger partial charge in [-0.25, -0.2) is 4.79 Å². The number of ketones is 1. The van der Waals surface area contributed by atoms with Crippen LogP contribution in [0.3, 0.4) is 0 Å². The largest absolute Gasteiger partial charge is 0.457 e. The first-order valence-electron chi connectivity index (χ1n) is 18.4. The number of ether oxygens (including phenoxy) is 5. The molecule has 3 aliphatic heterocycles. The Morgan fingerprint density at radius 3 is 2.31 bits per heavy atom. The van der Waals surface area contributed by atoms with Crippen LogP contribution in [0.1, 0.15) is 87.0 Å². The molecule has 49 heavy (non-hydrogen) atoms. The number of methoxy groups -OCH3 is 1. The van der Waals surface area contributed by atoms with Crippen LogP contribution < -0.4 is 10.6 Å². The number of rotatable bonds is 9. The molecule has 5 unspecified atom stereocenters. The summed E-state index contributed by atoms with van der Waals surface area (Å²) in [5, 5.41) is 18.2. The maximum absolute atomic E-state index is 14.3. The third-order valence-corrected chi connectivity index (χ3v) is 11.7. The standard InChI is InChI=1S/C36H64N4O9/c1-12-27-36(13-2)30(38-34(44)49-36)23(6)37-18-20(3)17-35(7,45-11)31(21(4)28(41)22(5)32(43)47-27)48-33-29(42)26(39(8)9)16-25(46-33)19-40(10)24-14-15-24/h20-27,29-31,33,37,42H,12-19H2,1-11H3,(H,38,44)/t20-,21+,22?,23-,25?,26?,27-,29?,30-,31-,33?,35-,36-/m1/s1. The summed E-state index contributed by atoms with van der Waals surface area (Å²) >= 11 is 0. The molecular formula is C36H64N4O9. The third kappa shape index (κ3) is 8.61. The van der Waals surface area contributed by atoms with Crippen molar-refractivity contribution in [1.29, 1.82) is 0 Å². The highest BCUT2D eigenvalue weighted by atomic mass is 16.7. The van der Waals surface area contributed by atoms with Crippen LogP contribution in [0.2, 0.25) is 0 Å². The summed E-state index contributed by atoms with van der Waals surface area (Å²) < 4.78 is 31.5. The van der Waals surface area contributed by atoms with Gasteiger partial charge in [-0.3, -0.25) is 9.59 Å². The molecule has 3 saturated heterocycles. The maximum Gasteiger partial charge on any atom is 0.408 e. The molecule has 1 aliphatic carbocycles. The number of fused-ring (bicyclic) bond motifs is 1. The van der Waals surface area contributed by atoms with Gasteiger partial charge >= 0.3 is 12.1 Å². The van der Waals surface area contributed by atoms with Crippen molar-refractivity contribution in [2.45, 2.75) is 153 Å². The number of cyclic esters (lactones) is 1. The van der Waals surface area contributed by atoms with Crippen LogP contribution in [-0.4, -0.2) is 140 Å².